The third kappa shape index (κ3) is 4.40. The van der Waals surface area contributed by atoms with Gasteiger partial charge in [0.05, 0.1) is 0 Å². The van der Waals surface area contributed by atoms with Crippen molar-refractivity contribution in [2.45, 2.75) is 26.4 Å². The maximum atomic E-state index is 12.3. The van der Waals surface area contributed by atoms with Gasteiger partial charge in [-0.15, -0.1) is 0 Å². The maximum absolute atomic E-state index is 12.3. The second kappa shape index (κ2) is 7.70. The van der Waals surface area contributed by atoms with E-state index in [0.29, 0.717) is 5.75 Å². The van der Waals surface area contributed by atoms with Crippen LogP contribution < -0.4 is 10.1 Å². The zero-order valence-corrected chi connectivity index (χ0v) is 15.8. The molecule has 1 amide bonds. The molecule has 0 bridgehead atoms. The fourth-order valence-corrected chi connectivity index (χ4v) is 2.97. The van der Waals surface area contributed by atoms with Crippen LogP contribution in [0.4, 0.5) is 5.69 Å². The molecular weight excluding hydrogens is 378 g/mol. The molecule has 0 aliphatic carbocycles. The molecule has 3 aromatic carbocycles. The lowest BCUT2D eigenvalue weighted by atomic mass is 10.1. The standard InChI is InChI=1S/C21H20BrNO2/c1-3-15-4-9-19(10-5-15)23-21(24)14(2)25-20-11-7-16-12-18(22)8-6-17(16)13-20/h4-14H,3H2,1-2H3,(H,23,24)/t14-/m1/s1. The fourth-order valence-electron chi connectivity index (χ4n) is 2.59. The summed E-state index contributed by atoms with van der Waals surface area (Å²) in [6, 6.07) is 19.7. The Morgan fingerprint density at radius 1 is 1.04 bits per heavy atom. The predicted octanol–water partition coefficient (Wildman–Crippen LogP) is 5.57. The van der Waals surface area contributed by atoms with E-state index >= 15 is 0 Å². The SMILES string of the molecule is CCc1ccc(NC(=O)[C@@H](C)Oc2ccc3cc(Br)ccc3c2)cc1. The summed E-state index contributed by atoms with van der Waals surface area (Å²) in [5.74, 6) is 0.513. The van der Waals surface area contributed by atoms with Gasteiger partial charge < -0.3 is 10.1 Å². The Kier molecular flexibility index (Phi) is 5.39. The second-order valence-electron chi connectivity index (χ2n) is 5.95. The van der Waals surface area contributed by atoms with E-state index in [2.05, 4.69) is 34.2 Å². The van der Waals surface area contributed by atoms with Crippen LogP contribution in [0.2, 0.25) is 0 Å². The first-order valence-electron chi connectivity index (χ1n) is 8.31. The number of hydrogen-bond acceptors (Lipinski definition) is 2. The third-order valence-electron chi connectivity index (χ3n) is 4.09. The van der Waals surface area contributed by atoms with Gasteiger partial charge in [0.25, 0.3) is 5.91 Å². The molecule has 4 heteroatoms. The number of anilines is 1. The molecule has 0 aromatic heterocycles. The molecular formula is C21H20BrNO2. The molecule has 128 valence electrons. The normalized spacial score (nSPS) is 12.0. The first-order valence-corrected chi connectivity index (χ1v) is 9.10. The quantitative estimate of drug-likeness (QED) is 0.610. The van der Waals surface area contributed by atoms with Crippen LogP contribution in [0.1, 0.15) is 19.4 Å². The molecule has 0 saturated heterocycles. The number of benzene rings is 3. The largest absolute Gasteiger partial charge is 0.481 e. The summed E-state index contributed by atoms with van der Waals surface area (Å²) < 4.78 is 6.85. The second-order valence-corrected chi connectivity index (χ2v) is 6.87. The van der Waals surface area contributed by atoms with Gasteiger partial charge in [0.2, 0.25) is 0 Å². The monoisotopic (exact) mass is 397 g/mol. The molecule has 0 fully saturated rings. The van der Waals surface area contributed by atoms with Crippen molar-refractivity contribution >= 4 is 38.3 Å². The molecule has 0 aliphatic heterocycles. The number of amides is 1. The number of aryl methyl sites for hydroxylation is 1. The number of hydrogen-bond donors (Lipinski definition) is 1. The van der Waals surface area contributed by atoms with Gasteiger partial charge in [-0.3, -0.25) is 4.79 Å². The first kappa shape index (κ1) is 17.5. The van der Waals surface area contributed by atoms with E-state index in [9.17, 15) is 4.79 Å². The highest BCUT2D eigenvalue weighted by atomic mass is 79.9. The molecule has 25 heavy (non-hydrogen) atoms. The van der Waals surface area contributed by atoms with Crippen molar-refractivity contribution in [1.29, 1.82) is 0 Å². The molecule has 0 heterocycles. The minimum atomic E-state index is -0.584. The lowest BCUT2D eigenvalue weighted by Crippen LogP contribution is -2.30. The number of ether oxygens (including phenoxy) is 1. The van der Waals surface area contributed by atoms with Gasteiger partial charge in [-0.1, -0.05) is 47.1 Å². The van der Waals surface area contributed by atoms with E-state index in [1.807, 2.05) is 54.6 Å². The van der Waals surface area contributed by atoms with Crippen LogP contribution in [-0.2, 0) is 11.2 Å². The van der Waals surface area contributed by atoms with Gasteiger partial charge in [-0.05, 0) is 66.1 Å². The highest BCUT2D eigenvalue weighted by Crippen LogP contribution is 2.25. The molecule has 0 aliphatic rings. The number of rotatable bonds is 5. The van der Waals surface area contributed by atoms with Gasteiger partial charge >= 0.3 is 0 Å². The molecule has 3 aromatic rings. The Hall–Kier alpha value is -2.33. The van der Waals surface area contributed by atoms with Crippen LogP contribution in [0, 0.1) is 0 Å². The van der Waals surface area contributed by atoms with Gasteiger partial charge in [0.1, 0.15) is 5.75 Å². The Balaban J connectivity index is 1.67. The highest BCUT2D eigenvalue weighted by Gasteiger charge is 2.15. The summed E-state index contributed by atoms with van der Waals surface area (Å²) in [6.07, 6.45) is 0.394. The zero-order valence-electron chi connectivity index (χ0n) is 14.3. The number of carbonyl (C=O) groups excluding carboxylic acids is 1. The molecule has 0 unspecified atom stereocenters. The molecule has 1 atom stereocenters. The Labute approximate surface area is 156 Å². The van der Waals surface area contributed by atoms with E-state index in [0.717, 1.165) is 27.4 Å². The summed E-state index contributed by atoms with van der Waals surface area (Å²) in [4.78, 5) is 12.3. The van der Waals surface area contributed by atoms with Gasteiger partial charge in [-0.25, -0.2) is 0 Å². The summed E-state index contributed by atoms with van der Waals surface area (Å²) in [5, 5.41) is 5.08. The van der Waals surface area contributed by atoms with Crippen molar-refractivity contribution in [3.8, 4) is 5.75 Å². The summed E-state index contributed by atoms with van der Waals surface area (Å²) in [5.41, 5.74) is 2.02. The van der Waals surface area contributed by atoms with E-state index in [1.165, 1.54) is 5.56 Å². The molecule has 3 rings (SSSR count). The van der Waals surface area contributed by atoms with Crippen LogP contribution in [0.25, 0.3) is 10.8 Å². The van der Waals surface area contributed by atoms with Gasteiger partial charge in [-0.2, -0.15) is 0 Å². The van der Waals surface area contributed by atoms with Crippen molar-refractivity contribution in [3.63, 3.8) is 0 Å². The van der Waals surface area contributed by atoms with Crippen molar-refractivity contribution in [3.05, 3.63) is 70.7 Å². The molecule has 0 saturated carbocycles. The zero-order chi connectivity index (χ0) is 17.8. The van der Waals surface area contributed by atoms with Crippen molar-refractivity contribution < 1.29 is 9.53 Å². The van der Waals surface area contributed by atoms with E-state index in [4.69, 9.17) is 4.74 Å². The van der Waals surface area contributed by atoms with Crippen LogP contribution in [0.5, 0.6) is 5.75 Å². The van der Waals surface area contributed by atoms with E-state index < -0.39 is 6.10 Å². The lowest BCUT2D eigenvalue weighted by molar-refractivity contribution is -0.122. The van der Waals surface area contributed by atoms with Crippen LogP contribution in [0.3, 0.4) is 0 Å². The van der Waals surface area contributed by atoms with Crippen molar-refractivity contribution in [1.82, 2.24) is 0 Å². The Bertz CT molecular complexity index is 890. The average molecular weight is 398 g/mol. The summed E-state index contributed by atoms with van der Waals surface area (Å²) >= 11 is 3.47. The highest BCUT2D eigenvalue weighted by molar-refractivity contribution is 9.10. The smallest absolute Gasteiger partial charge is 0.265 e. The molecule has 0 radical (unpaired) electrons. The van der Waals surface area contributed by atoms with Crippen LogP contribution in [-0.4, -0.2) is 12.0 Å². The minimum absolute atomic E-state index is 0.167. The van der Waals surface area contributed by atoms with Crippen LogP contribution >= 0.6 is 15.9 Å². The number of carbonyl (C=O) groups is 1. The third-order valence-corrected chi connectivity index (χ3v) is 4.58. The fraction of sp³-hybridized carbons (Fsp3) is 0.190. The average Bonchev–Trinajstić information content (AvgIpc) is 2.62. The molecule has 0 spiro atoms. The summed E-state index contributed by atoms with van der Waals surface area (Å²) in [7, 11) is 0. The topological polar surface area (TPSA) is 38.3 Å². The van der Waals surface area contributed by atoms with Crippen LogP contribution in [0.15, 0.2) is 65.1 Å². The lowest BCUT2D eigenvalue weighted by Gasteiger charge is -2.15. The van der Waals surface area contributed by atoms with Gasteiger partial charge in [0, 0.05) is 10.2 Å². The minimum Gasteiger partial charge on any atom is -0.481 e. The summed E-state index contributed by atoms with van der Waals surface area (Å²) in [6.45, 7) is 3.85. The number of fused-ring (bicyclic) bond motifs is 1. The number of halogens is 1. The first-order chi connectivity index (χ1) is 12.0. The number of nitrogens with one attached hydrogen (secondary N) is 1. The van der Waals surface area contributed by atoms with Gasteiger partial charge in [0.15, 0.2) is 6.10 Å². The van der Waals surface area contributed by atoms with E-state index in [-0.39, 0.29) is 5.91 Å². The van der Waals surface area contributed by atoms with Crippen molar-refractivity contribution in [2.24, 2.45) is 0 Å². The Morgan fingerprint density at radius 2 is 1.72 bits per heavy atom. The maximum Gasteiger partial charge on any atom is 0.265 e. The van der Waals surface area contributed by atoms with E-state index in [1.54, 1.807) is 6.92 Å². The molecule has 3 nitrogen and oxygen atoms in total. The predicted molar refractivity (Wildman–Crippen MR) is 106 cm³/mol. The Morgan fingerprint density at radius 3 is 2.44 bits per heavy atom. The molecule has 1 N–H and O–H groups in total. The van der Waals surface area contributed by atoms with Crippen molar-refractivity contribution in [2.75, 3.05) is 5.32 Å².